The van der Waals surface area contributed by atoms with Crippen LogP contribution in [0.5, 0.6) is 0 Å². The topological polar surface area (TPSA) is 47.1 Å². The van der Waals surface area contributed by atoms with Gasteiger partial charge < -0.3 is 10.6 Å². The molecule has 0 amide bonds. The maximum absolute atomic E-state index is 5.66. The number of hydrogen-bond donors (Lipinski definition) is 1. The molecule has 0 aliphatic heterocycles. The Kier molecular flexibility index (Phi) is 4.35. The Morgan fingerprint density at radius 3 is 2.62 bits per heavy atom. The molecular formula is C12H24N4. The molecule has 1 atom stereocenters. The third-order valence-electron chi connectivity index (χ3n) is 3.29. The molecule has 0 saturated carbocycles. The summed E-state index contributed by atoms with van der Waals surface area (Å²) < 4.78 is 1.96. The van der Waals surface area contributed by atoms with E-state index in [0.717, 1.165) is 18.5 Å². The molecule has 2 N–H and O–H groups in total. The minimum Gasteiger partial charge on any atom is -0.357 e. The van der Waals surface area contributed by atoms with Crippen molar-refractivity contribution in [3.63, 3.8) is 0 Å². The Hall–Kier alpha value is -1.03. The van der Waals surface area contributed by atoms with Crippen LogP contribution in [0, 0.1) is 6.92 Å². The second kappa shape index (κ2) is 5.34. The van der Waals surface area contributed by atoms with E-state index < -0.39 is 0 Å². The third-order valence-corrected chi connectivity index (χ3v) is 3.29. The summed E-state index contributed by atoms with van der Waals surface area (Å²) in [5.41, 5.74) is 8.04. The zero-order chi connectivity index (χ0) is 12.3. The summed E-state index contributed by atoms with van der Waals surface area (Å²) in [5, 5.41) is 4.49. The highest BCUT2D eigenvalue weighted by molar-refractivity contribution is 5.50. The molecule has 1 heterocycles. The summed E-state index contributed by atoms with van der Waals surface area (Å²) in [6, 6.07) is 0.520. The molecular weight excluding hydrogens is 200 g/mol. The smallest absolute Gasteiger partial charge is 0.130 e. The number of aryl methyl sites for hydroxylation is 2. The first-order valence-corrected chi connectivity index (χ1v) is 5.98. The average Bonchev–Trinajstić information content (AvgIpc) is 2.52. The Morgan fingerprint density at radius 2 is 2.12 bits per heavy atom. The zero-order valence-electron chi connectivity index (χ0n) is 11.1. The zero-order valence-corrected chi connectivity index (χ0v) is 11.1. The van der Waals surface area contributed by atoms with Gasteiger partial charge in [0.1, 0.15) is 5.82 Å². The highest BCUT2D eigenvalue weighted by atomic mass is 15.4. The van der Waals surface area contributed by atoms with Gasteiger partial charge in [-0.2, -0.15) is 5.10 Å². The lowest BCUT2D eigenvalue weighted by atomic mass is 10.1. The fraction of sp³-hybridized carbons (Fsp3) is 0.750. The molecule has 1 rings (SSSR count). The van der Waals surface area contributed by atoms with Crippen molar-refractivity contribution in [1.82, 2.24) is 9.78 Å². The number of rotatable bonds is 5. The van der Waals surface area contributed by atoms with Gasteiger partial charge in [-0.15, -0.1) is 0 Å². The lowest BCUT2D eigenvalue weighted by molar-refractivity contribution is 0.627. The summed E-state index contributed by atoms with van der Waals surface area (Å²) in [5.74, 6) is 1.21. The number of aromatic nitrogens is 2. The van der Waals surface area contributed by atoms with E-state index in [1.165, 1.54) is 11.4 Å². The molecule has 4 heteroatoms. The minimum absolute atomic E-state index is 0.520. The van der Waals surface area contributed by atoms with Crippen LogP contribution in [-0.4, -0.2) is 29.4 Å². The summed E-state index contributed by atoms with van der Waals surface area (Å²) in [6.07, 6.45) is 2.03. The molecule has 0 saturated heterocycles. The van der Waals surface area contributed by atoms with Gasteiger partial charge in [0.25, 0.3) is 0 Å². The van der Waals surface area contributed by atoms with Gasteiger partial charge in [0.05, 0.1) is 5.69 Å². The molecule has 1 unspecified atom stereocenters. The maximum atomic E-state index is 5.66. The average molecular weight is 224 g/mol. The Bertz CT molecular complexity index is 343. The first kappa shape index (κ1) is 13.0. The number of anilines is 1. The van der Waals surface area contributed by atoms with Crippen LogP contribution in [0.15, 0.2) is 0 Å². The van der Waals surface area contributed by atoms with Crippen molar-refractivity contribution >= 4 is 5.82 Å². The molecule has 0 aliphatic carbocycles. The van der Waals surface area contributed by atoms with E-state index in [9.17, 15) is 0 Å². The Morgan fingerprint density at radius 1 is 1.50 bits per heavy atom. The first-order chi connectivity index (χ1) is 7.52. The molecule has 1 aromatic heterocycles. The van der Waals surface area contributed by atoms with Crippen LogP contribution in [0.25, 0.3) is 0 Å². The second-order valence-corrected chi connectivity index (χ2v) is 4.42. The molecule has 0 aromatic carbocycles. The molecule has 16 heavy (non-hydrogen) atoms. The Balaban J connectivity index is 3.10. The van der Waals surface area contributed by atoms with E-state index in [-0.39, 0.29) is 0 Å². The summed E-state index contributed by atoms with van der Waals surface area (Å²) >= 11 is 0. The predicted molar refractivity (Wildman–Crippen MR) is 68.9 cm³/mol. The summed E-state index contributed by atoms with van der Waals surface area (Å²) in [6.45, 7) is 7.16. The van der Waals surface area contributed by atoms with E-state index in [2.05, 4.69) is 37.8 Å². The lowest BCUT2D eigenvalue weighted by Gasteiger charge is -2.27. The van der Waals surface area contributed by atoms with Crippen molar-refractivity contribution in [2.24, 2.45) is 12.8 Å². The van der Waals surface area contributed by atoms with Crippen LogP contribution in [0.3, 0.4) is 0 Å². The minimum atomic E-state index is 0.520. The van der Waals surface area contributed by atoms with Crippen LogP contribution in [0.2, 0.25) is 0 Å². The van der Waals surface area contributed by atoms with Crippen LogP contribution in [-0.2, 0) is 13.5 Å². The van der Waals surface area contributed by atoms with Crippen LogP contribution >= 0.6 is 0 Å². The largest absolute Gasteiger partial charge is 0.357 e. The van der Waals surface area contributed by atoms with E-state index >= 15 is 0 Å². The number of nitrogens with two attached hydrogens (primary N) is 1. The maximum Gasteiger partial charge on any atom is 0.130 e. The molecule has 4 nitrogen and oxygen atoms in total. The highest BCUT2D eigenvalue weighted by Gasteiger charge is 2.18. The summed E-state index contributed by atoms with van der Waals surface area (Å²) in [4.78, 5) is 2.30. The van der Waals surface area contributed by atoms with Crippen molar-refractivity contribution < 1.29 is 0 Å². The summed E-state index contributed by atoms with van der Waals surface area (Å²) in [7, 11) is 4.13. The second-order valence-electron chi connectivity index (χ2n) is 4.42. The van der Waals surface area contributed by atoms with E-state index in [0.29, 0.717) is 12.6 Å². The number of hydrogen-bond acceptors (Lipinski definition) is 3. The van der Waals surface area contributed by atoms with Gasteiger partial charge in [-0.3, -0.25) is 4.68 Å². The van der Waals surface area contributed by atoms with Gasteiger partial charge in [-0.1, -0.05) is 6.92 Å². The van der Waals surface area contributed by atoms with Crippen molar-refractivity contribution in [2.75, 3.05) is 18.5 Å². The fourth-order valence-electron chi connectivity index (χ4n) is 2.05. The van der Waals surface area contributed by atoms with Crippen molar-refractivity contribution in [3.8, 4) is 0 Å². The molecule has 0 fully saturated rings. The third kappa shape index (κ3) is 2.38. The molecule has 0 spiro atoms. The molecule has 0 bridgehead atoms. The van der Waals surface area contributed by atoms with Crippen LogP contribution in [0.4, 0.5) is 5.82 Å². The highest BCUT2D eigenvalue weighted by Crippen LogP contribution is 2.24. The molecule has 0 radical (unpaired) electrons. The van der Waals surface area contributed by atoms with Gasteiger partial charge in [-0.25, -0.2) is 0 Å². The fourth-order valence-corrected chi connectivity index (χ4v) is 2.05. The van der Waals surface area contributed by atoms with E-state index in [1.54, 1.807) is 0 Å². The number of nitrogens with zero attached hydrogens (tertiary/aromatic N) is 3. The van der Waals surface area contributed by atoms with Gasteiger partial charge in [0.2, 0.25) is 0 Å². The van der Waals surface area contributed by atoms with Gasteiger partial charge >= 0.3 is 0 Å². The van der Waals surface area contributed by atoms with Gasteiger partial charge in [0, 0.05) is 25.7 Å². The first-order valence-electron chi connectivity index (χ1n) is 5.98. The standard InChI is InChI=1S/C12H24N4/c1-6-9(2)15(4)12-11(7-8-13)10(3)14-16(12)5/h9H,6-8,13H2,1-5H3. The van der Waals surface area contributed by atoms with Gasteiger partial charge in [-0.05, 0) is 33.2 Å². The molecule has 1 aromatic rings. The normalized spacial score (nSPS) is 12.9. The molecule has 0 aliphatic rings. The van der Waals surface area contributed by atoms with Crippen molar-refractivity contribution in [2.45, 2.75) is 39.7 Å². The van der Waals surface area contributed by atoms with Crippen molar-refractivity contribution in [1.29, 1.82) is 0 Å². The quantitative estimate of drug-likeness (QED) is 0.824. The van der Waals surface area contributed by atoms with Crippen LogP contribution in [0.1, 0.15) is 31.5 Å². The van der Waals surface area contributed by atoms with E-state index in [4.69, 9.17) is 5.73 Å². The Labute approximate surface area is 98.4 Å². The van der Waals surface area contributed by atoms with Crippen molar-refractivity contribution in [3.05, 3.63) is 11.3 Å². The van der Waals surface area contributed by atoms with Gasteiger partial charge in [0.15, 0.2) is 0 Å². The monoisotopic (exact) mass is 224 g/mol. The SMILES string of the molecule is CCC(C)N(C)c1c(CCN)c(C)nn1C. The van der Waals surface area contributed by atoms with Crippen LogP contribution < -0.4 is 10.6 Å². The predicted octanol–water partition coefficient (Wildman–Crippen LogP) is 1.46. The van der Waals surface area contributed by atoms with E-state index in [1.807, 2.05) is 11.7 Å². The lowest BCUT2D eigenvalue weighted by Crippen LogP contribution is -2.30. The molecule has 92 valence electrons.